The lowest BCUT2D eigenvalue weighted by Gasteiger charge is -2.24. The zero-order chi connectivity index (χ0) is 24.2. The number of thiazole rings is 1. The lowest BCUT2D eigenvalue weighted by Crippen LogP contribution is -2.39. The Morgan fingerprint density at radius 3 is 2.53 bits per heavy atom. The van der Waals surface area contributed by atoms with Gasteiger partial charge in [-0.1, -0.05) is 59.2 Å². The van der Waals surface area contributed by atoms with Gasteiger partial charge >= 0.3 is 5.97 Å². The van der Waals surface area contributed by atoms with Crippen LogP contribution >= 0.6 is 11.3 Å². The van der Waals surface area contributed by atoms with Gasteiger partial charge in [0.2, 0.25) is 0 Å². The van der Waals surface area contributed by atoms with E-state index in [1.165, 1.54) is 11.3 Å². The third-order valence-electron chi connectivity index (χ3n) is 5.41. The average molecular weight is 473 g/mol. The lowest BCUT2D eigenvalue weighted by molar-refractivity contribution is -0.139. The minimum Gasteiger partial charge on any atom is -0.481 e. The molecule has 1 aliphatic rings. The Bertz CT molecular complexity index is 1470. The van der Waals surface area contributed by atoms with Crippen molar-refractivity contribution in [1.29, 1.82) is 0 Å². The van der Waals surface area contributed by atoms with Crippen molar-refractivity contribution in [3.63, 3.8) is 0 Å². The molecule has 0 amide bonds. The first-order chi connectivity index (χ1) is 16.4. The van der Waals surface area contributed by atoms with Crippen molar-refractivity contribution in [2.24, 2.45) is 4.99 Å². The lowest BCUT2D eigenvalue weighted by atomic mass is 9.95. The summed E-state index contributed by atoms with van der Waals surface area (Å²) in [6.07, 6.45) is 7.04. The van der Waals surface area contributed by atoms with Crippen LogP contribution in [0.15, 0.2) is 69.6 Å². The van der Waals surface area contributed by atoms with Crippen LogP contribution in [0.2, 0.25) is 0 Å². The van der Waals surface area contributed by atoms with Crippen LogP contribution in [-0.4, -0.2) is 23.8 Å². The predicted octanol–water partition coefficient (Wildman–Crippen LogP) is 3.12. The van der Waals surface area contributed by atoms with Crippen LogP contribution < -0.4 is 19.6 Å². The number of aromatic nitrogens is 1. The van der Waals surface area contributed by atoms with Gasteiger partial charge in [-0.05, 0) is 50.1 Å². The molecule has 0 fully saturated rings. The summed E-state index contributed by atoms with van der Waals surface area (Å²) in [4.78, 5) is 31.6. The van der Waals surface area contributed by atoms with E-state index < -0.39 is 12.0 Å². The summed E-state index contributed by atoms with van der Waals surface area (Å²) in [6.45, 7) is 5.96. The fraction of sp³-hybridized carbons (Fsp3) is 0.222. The number of aryl methyl sites for hydroxylation is 1. The van der Waals surface area contributed by atoms with Crippen molar-refractivity contribution in [3.05, 3.63) is 96.2 Å². The van der Waals surface area contributed by atoms with Crippen LogP contribution in [0.5, 0.6) is 5.75 Å². The number of terminal acetylenes is 1. The quantitative estimate of drug-likeness (QED) is 0.408. The average Bonchev–Trinajstić information content (AvgIpc) is 3.12. The van der Waals surface area contributed by atoms with E-state index in [1.807, 2.05) is 49.4 Å². The van der Waals surface area contributed by atoms with Crippen LogP contribution in [0.3, 0.4) is 0 Å². The van der Waals surface area contributed by atoms with Crippen molar-refractivity contribution in [2.45, 2.75) is 26.8 Å². The number of carbonyl (C=O) groups is 1. The maximum absolute atomic E-state index is 13.6. The molecule has 172 valence electrons. The van der Waals surface area contributed by atoms with Crippen LogP contribution in [0.1, 0.15) is 36.6 Å². The maximum Gasteiger partial charge on any atom is 0.338 e. The molecule has 0 saturated carbocycles. The molecule has 34 heavy (non-hydrogen) atoms. The summed E-state index contributed by atoms with van der Waals surface area (Å²) in [5.74, 6) is 2.62. The molecule has 1 aliphatic heterocycles. The van der Waals surface area contributed by atoms with Gasteiger partial charge in [-0.3, -0.25) is 9.36 Å². The van der Waals surface area contributed by atoms with Crippen LogP contribution in [0, 0.1) is 19.3 Å². The third kappa shape index (κ3) is 4.59. The highest BCUT2D eigenvalue weighted by Crippen LogP contribution is 2.30. The van der Waals surface area contributed by atoms with Crippen molar-refractivity contribution in [1.82, 2.24) is 4.57 Å². The van der Waals surface area contributed by atoms with E-state index in [0.717, 1.165) is 16.7 Å². The number of nitrogens with zero attached hydrogens (tertiary/aromatic N) is 2. The monoisotopic (exact) mass is 472 g/mol. The van der Waals surface area contributed by atoms with E-state index in [9.17, 15) is 9.59 Å². The predicted molar refractivity (Wildman–Crippen MR) is 132 cm³/mol. The Hall–Kier alpha value is -3.89. The molecule has 0 N–H and O–H groups in total. The summed E-state index contributed by atoms with van der Waals surface area (Å²) in [7, 11) is 0. The molecule has 0 saturated heterocycles. The van der Waals surface area contributed by atoms with Gasteiger partial charge in [0.15, 0.2) is 4.80 Å². The molecule has 6 nitrogen and oxygen atoms in total. The molecule has 4 rings (SSSR count). The normalized spacial score (nSPS) is 15.4. The standard InChI is InChI=1S/C27H24N2O4S/c1-5-15-33-21-13-9-19(10-14-21)16-22-25(30)29-24(20-11-7-17(3)8-12-20)23(26(31)32-6-2)18(4)28-27(29)34-22/h1,7-14,16,24H,6,15H2,2-4H3/b22-16+/t24-/m1/s1. The number of fused-ring (bicyclic) bond motifs is 1. The first-order valence-corrected chi connectivity index (χ1v) is 11.7. The number of rotatable bonds is 6. The SMILES string of the molecule is C#CCOc1ccc(/C=c2/sc3n(c2=O)[C@H](c2ccc(C)cc2)C(C(=O)OCC)=C(C)N=3)cc1. The minimum atomic E-state index is -0.613. The highest BCUT2D eigenvalue weighted by atomic mass is 32.1. The zero-order valence-electron chi connectivity index (χ0n) is 19.2. The van der Waals surface area contributed by atoms with Gasteiger partial charge in [0.25, 0.3) is 5.56 Å². The van der Waals surface area contributed by atoms with Gasteiger partial charge in [0.1, 0.15) is 12.4 Å². The van der Waals surface area contributed by atoms with E-state index in [-0.39, 0.29) is 18.8 Å². The van der Waals surface area contributed by atoms with Gasteiger partial charge in [0, 0.05) is 0 Å². The van der Waals surface area contributed by atoms with E-state index in [4.69, 9.17) is 15.9 Å². The number of ether oxygens (including phenoxy) is 2. The summed E-state index contributed by atoms with van der Waals surface area (Å²) >= 11 is 1.29. The molecule has 1 atom stereocenters. The second kappa shape index (κ2) is 9.94. The Kier molecular flexibility index (Phi) is 6.80. The fourth-order valence-electron chi connectivity index (χ4n) is 3.79. The molecule has 0 spiro atoms. The van der Waals surface area contributed by atoms with Gasteiger partial charge in [0.05, 0.1) is 28.5 Å². The fourth-order valence-corrected chi connectivity index (χ4v) is 4.84. The van der Waals surface area contributed by atoms with Crippen LogP contribution in [0.4, 0.5) is 0 Å². The van der Waals surface area contributed by atoms with Gasteiger partial charge in [-0.15, -0.1) is 6.42 Å². The molecular formula is C27H24N2O4S. The molecule has 2 aromatic carbocycles. The van der Waals surface area contributed by atoms with Crippen molar-refractivity contribution in [3.8, 4) is 18.1 Å². The molecule has 1 aromatic heterocycles. The molecule has 2 heterocycles. The van der Waals surface area contributed by atoms with E-state index in [2.05, 4.69) is 10.9 Å². The molecule has 0 unspecified atom stereocenters. The molecule has 7 heteroatoms. The maximum atomic E-state index is 13.6. The Morgan fingerprint density at radius 1 is 1.18 bits per heavy atom. The number of hydrogen-bond donors (Lipinski definition) is 0. The topological polar surface area (TPSA) is 69.9 Å². The number of benzene rings is 2. The van der Waals surface area contributed by atoms with Gasteiger partial charge in [-0.25, -0.2) is 9.79 Å². The zero-order valence-corrected chi connectivity index (χ0v) is 20.0. The van der Waals surface area contributed by atoms with Crippen LogP contribution in [0.25, 0.3) is 6.08 Å². The van der Waals surface area contributed by atoms with Gasteiger partial charge in [-0.2, -0.15) is 0 Å². The van der Waals surface area contributed by atoms with Crippen LogP contribution in [-0.2, 0) is 9.53 Å². The van der Waals surface area contributed by atoms with Crippen molar-refractivity contribution in [2.75, 3.05) is 13.2 Å². The number of esters is 1. The van der Waals surface area contributed by atoms with E-state index in [0.29, 0.717) is 26.4 Å². The first-order valence-electron chi connectivity index (χ1n) is 10.9. The van der Waals surface area contributed by atoms with Crippen molar-refractivity contribution < 1.29 is 14.3 Å². The Labute approximate surface area is 201 Å². The Morgan fingerprint density at radius 2 is 1.88 bits per heavy atom. The van der Waals surface area contributed by atoms with Crippen molar-refractivity contribution >= 4 is 23.4 Å². The summed E-state index contributed by atoms with van der Waals surface area (Å²) in [5, 5.41) is 0. The molecular weight excluding hydrogens is 448 g/mol. The number of carbonyl (C=O) groups excluding carboxylic acids is 1. The highest BCUT2D eigenvalue weighted by molar-refractivity contribution is 7.07. The summed E-state index contributed by atoms with van der Waals surface area (Å²) in [5.41, 5.74) is 3.46. The molecule has 0 bridgehead atoms. The van der Waals surface area contributed by atoms with E-state index in [1.54, 1.807) is 30.5 Å². The summed E-state index contributed by atoms with van der Waals surface area (Å²) in [6, 6.07) is 14.5. The highest BCUT2D eigenvalue weighted by Gasteiger charge is 2.33. The first kappa shape index (κ1) is 23.3. The summed E-state index contributed by atoms with van der Waals surface area (Å²) < 4.78 is 12.8. The van der Waals surface area contributed by atoms with E-state index >= 15 is 0 Å². The minimum absolute atomic E-state index is 0.194. The van der Waals surface area contributed by atoms with Gasteiger partial charge < -0.3 is 9.47 Å². The number of hydrogen-bond acceptors (Lipinski definition) is 6. The smallest absolute Gasteiger partial charge is 0.338 e. The second-order valence-electron chi connectivity index (χ2n) is 7.77. The molecule has 3 aromatic rings. The third-order valence-corrected chi connectivity index (χ3v) is 6.39. The molecule has 0 radical (unpaired) electrons. The number of allylic oxidation sites excluding steroid dienone is 1. The Balaban J connectivity index is 1.84. The molecule has 0 aliphatic carbocycles. The second-order valence-corrected chi connectivity index (χ2v) is 8.78. The largest absolute Gasteiger partial charge is 0.481 e.